The van der Waals surface area contributed by atoms with Crippen LogP contribution in [-0.2, 0) is 106 Å². The lowest BCUT2D eigenvalue weighted by atomic mass is 10.1. The molecule has 27 atom stereocenters. The van der Waals surface area contributed by atoms with Crippen LogP contribution < -0.4 is 65.2 Å². The normalized spacial score (nSPS) is 35.5. The lowest BCUT2D eigenvalue weighted by Gasteiger charge is -2.28. The second-order valence-electron chi connectivity index (χ2n) is 30.0. The summed E-state index contributed by atoms with van der Waals surface area (Å²) in [6, 6.07) is 0. The fourth-order valence-corrected chi connectivity index (χ4v) is 27.3. The van der Waals surface area contributed by atoms with Crippen molar-refractivity contribution in [3.05, 3.63) is 69.0 Å². The molecule has 12 aromatic heterocycles. The summed E-state index contributed by atoms with van der Waals surface area (Å²) in [7, 11) is -19.1. The Balaban J connectivity index is 0.000000130. The van der Waals surface area contributed by atoms with Gasteiger partial charge in [0.05, 0.1) is 54.6 Å². The molecule has 0 spiro atoms. The molecule has 27 unspecified atom stereocenters. The van der Waals surface area contributed by atoms with E-state index in [9.17, 15) is 73.9 Å². The summed E-state index contributed by atoms with van der Waals surface area (Å²) < 4.78 is 232. The van der Waals surface area contributed by atoms with Crippen molar-refractivity contribution in [3.8, 4) is 0 Å². The van der Waals surface area contributed by atoms with Crippen LogP contribution in [0.3, 0.4) is 0 Å². The van der Waals surface area contributed by atoms with E-state index in [1.165, 1.54) is 21.8 Å². The van der Waals surface area contributed by atoms with E-state index in [1.807, 2.05) is 0 Å². The van der Waals surface area contributed by atoms with Crippen molar-refractivity contribution in [2.24, 2.45) is 0 Å². The van der Waals surface area contributed by atoms with Crippen LogP contribution in [-0.4, -0.2) is 331 Å². The Morgan fingerprint density at radius 1 is 0.437 bits per heavy atom. The first kappa shape index (κ1) is 94.6. The van der Waals surface area contributed by atoms with Crippen molar-refractivity contribution in [2.45, 2.75) is 142 Å². The highest BCUT2D eigenvalue weighted by Crippen LogP contribution is 2.60. The number of alkyl halides is 3. The summed E-state index contributed by atoms with van der Waals surface area (Å²) in [6.45, 7) is -12.3. The van der Waals surface area contributed by atoms with Gasteiger partial charge in [0.15, 0.2) is 105 Å². The number of phosphoric ester groups is 1. The van der Waals surface area contributed by atoms with Crippen molar-refractivity contribution in [2.75, 3.05) is 73.9 Å². The molecule has 0 aliphatic carbocycles. The largest absolute Gasteiger partial charge is 0.472 e. The number of nitrogens with one attached hydrogen (secondary N) is 6. The highest BCUT2D eigenvalue weighted by molar-refractivity contribution is 8.44. The standard InChI is InChI=1S/C19H22FN12O10PS2.2C19H22FN12O9PS3/c20-7-11-5(40-17(7)31-4-25-8-13(21)23-3-24-14(8)31)1-26-45(37,38)42-12-6(2-39-43(35,36)41-11)44-18(10(12)33)32-15-9(29-30-32)16(34)28-19(22)27-15;2*20-7-11-5(39-17(7)31-4-25-8-13(21)23-3-24-14(8)31)1-26-45(36,37)41-12-6(2-38-42(35,43)40-11)44-18(10(12)33)32-15-9(29-30-32)16(34)28-19(22)27-15/h3-7,10-12,17-18,26,33H,1-2H2,(H,35,36)(H2,21,23,24)(H3,22,27,28,34);2*3-7,10-12,17-18,26,33H,1-2H2,(H,35,43)(H2,21,23,24)(H3,22,27,28,34). The number of nitrogens with zero attached hydrogens (tertiary/aromatic N) is 24. The fraction of sp³-hybridized carbons (Fsp3) is 0.526. The number of thiol groups is 1. The van der Waals surface area contributed by atoms with Gasteiger partial charge in [0.1, 0.15) is 125 Å². The summed E-state index contributed by atoms with van der Waals surface area (Å²) in [6.07, 6.45) is -22.6. The van der Waals surface area contributed by atoms with Gasteiger partial charge in [0, 0.05) is 19.6 Å². The first-order valence-electron chi connectivity index (χ1n) is 38.5. The smallest absolute Gasteiger partial charge is 0.387 e. The summed E-state index contributed by atoms with van der Waals surface area (Å²) in [5.74, 6) is -0.690. The fourth-order valence-electron chi connectivity index (χ4n) is 15.6. The van der Waals surface area contributed by atoms with Crippen LogP contribution in [0.15, 0.2) is 52.3 Å². The Hall–Kier alpha value is -9.36. The van der Waals surface area contributed by atoms with Gasteiger partial charge in [-0.05, 0) is 11.8 Å². The maximum atomic E-state index is 16.0. The average molecular weight is 2110 g/mol. The molecule has 135 heavy (non-hydrogen) atoms. The Bertz CT molecular complexity index is 6720. The number of phosphoric acid groups is 1. The van der Waals surface area contributed by atoms with Gasteiger partial charge in [-0.15, -0.1) is 50.6 Å². The molecule has 21 heterocycles. The van der Waals surface area contributed by atoms with E-state index >= 15 is 13.2 Å². The number of aromatic nitrogens is 27. The second-order valence-corrected chi connectivity index (χ2v) is 45.3. The minimum Gasteiger partial charge on any atom is -0.387 e. The molecule has 0 radical (unpaired) electrons. The summed E-state index contributed by atoms with van der Waals surface area (Å²) in [5.41, 5.74) is 32.2. The number of nitrogens with two attached hydrogens (primary N) is 6. The predicted octanol–water partition coefficient (Wildman–Crippen LogP) is -6.55. The number of thioether (sulfide) groups is 3. The molecular weight excluding hydrogens is 2040 g/mol. The molecule has 0 saturated carbocycles. The number of H-pyrrole nitrogens is 3. The van der Waals surface area contributed by atoms with Crippen LogP contribution in [0.2, 0.25) is 0 Å². The predicted molar refractivity (Wildman–Crippen MR) is 457 cm³/mol. The number of fused-ring (bicyclic) bond motifs is 12. The van der Waals surface area contributed by atoms with Crippen LogP contribution in [0.5, 0.6) is 0 Å². The molecule has 12 aromatic rings. The van der Waals surface area contributed by atoms with Gasteiger partial charge < -0.3 is 78.2 Å². The molecule has 726 valence electrons. The number of ether oxygens (including phenoxy) is 3. The van der Waals surface area contributed by atoms with Gasteiger partial charge in [-0.2, -0.15) is 54.4 Å². The number of aromatic amines is 3. The molecule has 9 saturated heterocycles. The van der Waals surface area contributed by atoms with Crippen LogP contribution in [0.4, 0.5) is 48.5 Å². The number of imidazole rings is 3. The molecule has 0 aromatic carbocycles. The lowest BCUT2D eigenvalue weighted by molar-refractivity contribution is -0.0223. The highest BCUT2D eigenvalue weighted by Gasteiger charge is 2.59. The maximum absolute atomic E-state index is 16.0. The quantitative estimate of drug-likeness (QED) is 0.0544. The number of aliphatic hydroxyl groups excluding tert-OH is 3. The highest BCUT2D eigenvalue weighted by atomic mass is 32.7. The van der Waals surface area contributed by atoms with Gasteiger partial charge in [0.25, 0.3) is 16.7 Å². The van der Waals surface area contributed by atoms with Crippen molar-refractivity contribution < 1.29 is 127 Å². The summed E-state index contributed by atoms with van der Waals surface area (Å²) >= 11 is 11.8. The number of rotatable bonds is 6. The number of anilines is 6. The Morgan fingerprint density at radius 3 is 1.09 bits per heavy atom. The average Bonchev–Trinajstić information content (AvgIpc) is 1.65. The molecule has 23 N–H and O–H groups in total. The number of hydrogen-bond donors (Lipinski definition) is 18. The van der Waals surface area contributed by atoms with E-state index in [2.05, 4.69) is 132 Å². The van der Waals surface area contributed by atoms with E-state index in [-0.39, 0.29) is 102 Å². The van der Waals surface area contributed by atoms with Crippen molar-refractivity contribution in [1.29, 1.82) is 0 Å². The maximum Gasteiger partial charge on any atom is 0.472 e. The van der Waals surface area contributed by atoms with Gasteiger partial charge in [-0.1, -0.05) is 27.9 Å². The molecule has 0 amide bonds. The molecule has 9 fully saturated rings. The van der Waals surface area contributed by atoms with Crippen LogP contribution in [0.25, 0.3) is 67.0 Å². The third-order valence-electron chi connectivity index (χ3n) is 21.6. The zero-order chi connectivity index (χ0) is 95.5. The first-order valence-corrected chi connectivity index (χ1v) is 52.3. The molecule has 9 aliphatic rings. The third kappa shape index (κ3) is 18.2. The monoisotopic (exact) mass is 2110 g/mol. The molecule has 78 heteroatoms. The van der Waals surface area contributed by atoms with Gasteiger partial charge in [0.2, 0.25) is 17.8 Å². The molecule has 21 rings (SSSR count). The van der Waals surface area contributed by atoms with E-state index in [4.69, 9.17) is 100 Å². The minimum atomic E-state index is -5.07. The molecular formula is C57H66F3N36O28P3S8. The van der Waals surface area contributed by atoms with Crippen LogP contribution in [0.1, 0.15) is 34.8 Å². The Labute approximate surface area is 768 Å². The summed E-state index contributed by atoms with van der Waals surface area (Å²) in [5, 5.41) is 49.8. The van der Waals surface area contributed by atoms with Crippen LogP contribution in [0, 0.1) is 0 Å². The zero-order valence-corrected chi connectivity index (χ0v) is 76.0. The van der Waals surface area contributed by atoms with Gasteiger partial charge in [-0.25, -0.2) is 81.2 Å². The van der Waals surface area contributed by atoms with Gasteiger partial charge >= 0.3 is 52.3 Å². The Morgan fingerprint density at radius 2 is 0.748 bits per heavy atom. The Kier molecular flexibility index (Phi) is 25.1. The van der Waals surface area contributed by atoms with Crippen molar-refractivity contribution in [1.82, 2.24) is 148 Å². The summed E-state index contributed by atoms with van der Waals surface area (Å²) in [4.78, 5) is 113. The van der Waals surface area contributed by atoms with E-state index in [0.29, 0.717) is 0 Å². The second kappa shape index (κ2) is 35.8. The van der Waals surface area contributed by atoms with E-state index in [1.54, 1.807) is 0 Å². The number of halogens is 3. The number of nitrogen functional groups attached to an aromatic ring is 6. The van der Waals surface area contributed by atoms with E-state index < -0.39 is 251 Å². The van der Waals surface area contributed by atoms with Crippen molar-refractivity contribution in [3.63, 3.8) is 0 Å². The minimum absolute atomic E-state index is 0.00645. The molecule has 64 nitrogen and oxygen atoms in total. The lowest BCUT2D eigenvalue weighted by Crippen LogP contribution is -2.45. The van der Waals surface area contributed by atoms with E-state index in [0.717, 1.165) is 79.2 Å². The third-order valence-corrected chi connectivity index (χ3v) is 33.2. The van der Waals surface area contributed by atoms with Crippen molar-refractivity contribution >= 4 is 214 Å². The first-order chi connectivity index (χ1) is 63.9. The molecule has 9 aliphatic heterocycles. The number of hydrogen-bond acceptors (Lipinski definition) is 54. The number of aliphatic hydroxyl groups is 3. The van der Waals surface area contributed by atoms with Gasteiger partial charge in [-0.3, -0.25) is 78.2 Å². The zero-order valence-electron chi connectivity index (χ0n) is 66.7. The topological polar surface area (TPSA) is 901 Å². The molecule has 0 bridgehead atoms. The SMILES string of the molecule is Nc1nc2c(nnn2C2SC3COP(=O)(O)OC4C(CNS(=O)(=O)OC3C2O)OC(n2cnc3c(N)ncnc32)C4F)c(=O)[nH]1.Nc1nc2c(nnn2C2SC3COP(=O)(S)OC4C(CNS(=O)(=O)OC3C2O)OC(n2cnc3c(N)ncnc32)C4F)c(=O)[nH]1.Nc1nc2c(nnn2C2SC3COP(O)(=S)OC4C(CNS(=O)(=O)OC3C2O)OC(n2cnc3c(N)ncnc32)C4F)c(=O)[nH]1. The van der Waals surface area contributed by atoms with Crippen LogP contribution >= 0.6 is 68.9 Å².